The molecule has 0 bridgehead atoms. The average Bonchev–Trinajstić information content (AvgIpc) is 2.31. The summed E-state index contributed by atoms with van der Waals surface area (Å²) >= 11 is 1.18. The zero-order chi connectivity index (χ0) is 13.5. The van der Waals surface area contributed by atoms with Gasteiger partial charge < -0.3 is 10.4 Å². The van der Waals surface area contributed by atoms with E-state index in [0.29, 0.717) is 0 Å². The fourth-order valence-electron chi connectivity index (χ4n) is 1.32. The molecule has 0 aromatic heterocycles. The molecule has 0 unspecified atom stereocenters. The highest BCUT2D eigenvalue weighted by molar-refractivity contribution is 8.00. The maximum Gasteiger partial charge on any atom is 0.337 e. The Morgan fingerprint density at radius 2 is 2.22 bits per heavy atom. The first kappa shape index (κ1) is 14.1. The highest BCUT2D eigenvalue weighted by Crippen LogP contribution is 2.17. The first-order valence-corrected chi connectivity index (χ1v) is 6.28. The van der Waals surface area contributed by atoms with Crippen LogP contribution in [0.1, 0.15) is 15.9 Å². The smallest absolute Gasteiger partial charge is 0.337 e. The molecular formula is C12H12N2O3S. The van der Waals surface area contributed by atoms with E-state index in [1.807, 2.05) is 6.07 Å². The van der Waals surface area contributed by atoms with Crippen molar-refractivity contribution in [1.82, 2.24) is 0 Å². The van der Waals surface area contributed by atoms with Crippen molar-refractivity contribution in [2.45, 2.75) is 6.92 Å². The number of thioether (sulfide) groups is 1. The van der Waals surface area contributed by atoms with Gasteiger partial charge >= 0.3 is 5.97 Å². The molecule has 0 saturated heterocycles. The Morgan fingerprint density at radius 3 is 2.83 bits per heavy atom. The van der Waals surface area contributed by atoms with Crippen molar-refractivity contribution in [2.24, 2.45) is 0 Å². The van der Waals surface area contributed by atoms with Gasteiger partial charge in [0.1, 0.15) is 0 Å². The van der Waals surface area contributed by atoms with Gasteiger partial charge in [0.05, 0.1) is 28.8 Å². The van der Waals surface area contributed by atoms with Crippen LogP contribution in [-0.2, 0) is 4.79 Å². The molecule has 0 aliphatic carbocycles. The number of rotatable bonds is 5. The molecule has 0 radical (unpaired) electrons. The minimum Gasteiger partial charge on any atom is -0.478 e. The number of nitrogens with one attached hydrogen (secondary N) is 1. The van der Waals surface area contributed by atoms with Crippen LogP contribution in [0.5, 0.6) is 0 Å². The number of nitriles is 1. The fourth-order valence-corrected chi connectivity index (χ4v) is 1.77. The number of carboxylic acid groups (broad SMARTS) is 1. The quantitative estimate of drug-likeness (QED) is 0.792. The van der Waals surface area contributed by atoms with Gasteiger partial charge in [0, 0.05) is 0 Å². The highest BCUT2D eigenvalue weighted by Gasteiger charge is 2.12. The van der Waals surface area contributed by atoms with Crippen molar-refractivity contribution < 1.29 is 14.7 Å². The van der Waals surface area contributed by atoms with Gasteiger partial charge in [0.2, 0.25) is 5.91 Å². The standard InChI is InChI=1S/C12H12N2O3S/c1-8-2-3-10(9(6-8)12(16)17)14-11(15)7-18-5-4-13/h2-3,6H,5,7H2,1H3,(H,14,15)(H,16,17). The Bertz CT molecular complexity index is 509. The second-order valence-electron chi connectivity index (χ2n) is 3.55. The number of anilines is 1. The van der Waals surface area contributed by atoms with E-state index >= 15 is 0 Å². The summed E-state index contributed by atoms with van der Waals surface area (Å²) in [4.78, 5) is 22.5. The van der Waals surface area contributed by atoms with Crippen LogP contribution in [0.15, 0.2) is 18.2 Å². The number of benzene rings is 1. The van der Waals surface area contributed by atoms with Crippen molar-refractivity contribution in [2.75, 3.05) is 16.8 Å². The van der Waals surface area contributed by atoms with Gasteiger partial charge in [0.15, 0.2) is 0 Å². The maximum atomic E-state index is 11.5. The SMILES string of the molecule is Cc1ccc(NC(=O)CSCC#N)c(C(=O)O)c1. The summed E-state index contributed by atoms with van der Waals surface area (Å²) in [7, 11) is 0. The largest absolute Gasteiger partial charge is 0.478 e. The molecule has 94 valence electrons. The van der Waals surface area contributed by atoms with Crippen LogP contribution in [0.4, 0.5) is 5.69 Å². The van der Waals surface area contributed by atoms with Gasteiger partial charge in [0.25, 0.3) is 0 Å². The van der Waals surface area contributed by atoms with Crippen LogP contribution in [0.2, 0.25) is 0 Å². The number of amides is 1. The lowest BCUT2D eigenvalue weighted by Crippen LogP contribution is -2.16. The summed E-state index contributed by atoms with van der Waals surface area (Å²) in [6.07, 6.45) is 0. The Morgan fingerprint density at radius 1 is 1.50 bits per heavy atom. The molecule has 0 aliphatic rings. The van der Waals surface area contributed by atoms with Crippen molar-refractivity contribution in [1.29, 1.82) is 5.26 Å². The molecule has 1 aromatic rings. The van der Waals surface area contributed by atoms with E-state index in [9.17, 15) is 9.59 Å². The van der Waals surface area contributed by atoms with Crippen molar-refractivity contribution in [3.05, 3.63) is 29.3 Å². The van der Waals surface area contributed by atoms with Gasteiger partial charge in [-0.3, -0.25) is 4.79 Å². The lowest BCUT2D eigenvalue weighted by molar-refractivity contribution is -0.113. The zero-order valence-electron chi connectivity index (χ0n) is 9.77. The number of hydrogen-bond acceptors (Lipinski definition) is 4. The molecule has 0 fully saturated rings. The van der Waals surface area contributed by atoms with E-state index in [0.717, 1.165) is 5.56 Å². The van der Waals surface area contributed by atoms with Crippen LogP contribution < -0.4 is 5.32 Å². The summed E-state index contributed by atoms with van der Waals surface area (Å²) < 4.78 is 0. The van der Waals surface area contributed by atoms with E-state index < -0.39 is 5.97 Å². The van der Waals surface area contributed by atoms with E-state index in [1.54, 1.807) is 19.1 Å². The number of carbonyl (C=O) groups excluding carboxylic acids is 1. The zero-order valence-corrected chi connectivity index (χ0v) is 10.6. The molecule has 0 atom stereocenters. The normalized spacial score (nSPS) is 9.56. The Labute approximate surface area is 109 Å². The van der Waals surface area contributed by atoms with Crippen molar-refractivity contribution in [3.8, 4) is 6.07 Å². The molecule has 0 spiro atoms. The van der Waals surface area contributed by atoms with Crippen LogP contribution >= 0.6 is 11.8 Å². The number of nitrogens with zero attached hydrogens (tertiary/aromatic N) is 1. The van der Waals surface area contributed by atoms with E-state index in [4.69, 9.17) is 10.4 Å². The molecule has 18 heavy (non-hydrogen) atoms. The van der Waals surface area contributed by atoms with Crippen LogP contribution in [0.3, 0.4) is 0 Å². The first-order valence-electron chi connectivity index (χ1n) is 5.13. The molecule has 1 rings (SSSR count). The second-order valence-corrected chi connectivity index (χ2v) is 4.54. The number of carbonyl (C=O) groups is 2. The predicted molar refractivity (Wildman–Crippen MR) is 69.7 cm³/mol. The number of carboxylic acids is 1. The minimum absolute atomic E-state index is 0.0635. The number of aromatic carboxylic acids is 1. The summed E-state index contributed by atoms with van der Waals surface area (Å²) in [5.41, 5.74) is 1.15. The molecule has 0 aliphatic heterocycles. The van der Waals surface area contributed by atoms with Gasteiger partial charge in [-0.05, 0) is 19.1 Å². The molecule has 1 amide bonds. The van der Waals surface area contributed by atoms with Crippen molar-refractivity contribution in [3.63, 3.8) is 0 Å². The Balaban J connectivity index is 2.75. The second kappa shape index (κ2) is 6.67. The first-order chi connectivity index (χ1) is 8.54. The molecule has 1 aromatic carbocycles. The summed E-state index contributed by atoms with van der Waals surface area (Å²) in [6.45, 7) is 1.78. The van der Waals surface area contributed by atoms with Gasteiger partial charge in [-0.25, -0.2) is 4.79 Å². The molecule has 0 saturated carbocycles. The predicted octanol–water partition coefficient (Wildman–Crippen LogP) is 1.89. The maximum absolute atomic E-state index is 11.5. The summed E-state index contributed by atoms with van der Waals surface area (Å²) in [6, 6.07) is 6.70. The monoisotopic (exact) mass is 264 g/mol. The Hall–Kier alpha value is -2.00. The third-order valence-electron chi connectivity index (χ3n) is 2.08. The molecular weight excluding hydrogens is 252 g/mol. The lowest BCUT2D eigenvalue weighted by atomic mass is 10.1. The summed E-state index contributed by atoms with van der Waals surface area (Å²) in [5, 5.41) is 19.9. The molecule has 6 heteroatoms. The molecule has 2 N–H and O–H groups in total. The fraction of sp³-hybridized carbons (Fsp3) is 0.250. The van der Waals surface area contributed by atoms with Crippen LogP contribution in [0, 0.1) is 18.3 Å². The number of hydrogen-bond donors (Lipinski definition) is 2. The number of aryl methyl sites for hydroxylation is 1. The third-order valence-corrected chi connectivity index (χ3v) is 2.88. The van der Waals surface area contributed by atoms with Crippen LogP contribution in [0.25, 0.3) is 0 Å². The van der Waals surface area contributed by atoms with E-state index in [2.05, 4.69) is 5.32 Å². The lowest BCUT2D eigenvalue weighted by Gasteiger charge is -2.08. The van der Waals surface area contributed by atoms with Gasteiger partial charge in [-0.2, -0.15) is 5.26 Å². The molecule has 5 nitrogen and oxygen atoms in total. The molecule has 0 heterocycles. The summed E-state index contributed by atoms with van der Waals surface area (Å²) in [5.74, 6) is -1.05. The van der Waals surface area contributed by atoms with E-state index in [-0.39, 0.29) is 28.7 Å². The third kappa shape index (κ3) is 4.11. The van der Waals surface area contributed by atoms with Gasteiger partial charge in [-0.15, -0.1) is 11.8 Å². The highest BCUT2D eigenvalue weighted by atomic mass is 32.2. The Kier molecular flexibility index (Phi) is 5.21. The van der Waals surface area contributed by atoms with Crippen molar-refractivity contribution >= 4 is 29.3 Å². The van der Waals surface area contributed by atoms with Gasteiger partial charge in [-0.1, -0.05) is 11.6 Å². The average molecular weight is 264 g/mol. The topological polar surface area (TPSA) is 90.2 Å². The van der Waals surface area contributed by atoms with Crippen LogP contribution in [-0.4, -0.2) is 28.5 Å². The minimum atomic E-state index is -1.08. The van der Waals surface area contributed by atoms with E-state index in [1.165, 1.54) is 17.8 Å².